The van der Waals surface area contributed by atoms with Crippen LogP contribution >= 0.6 is 8.53 Å². The van der Waals surface area contributed by atoms with Gasteiger partial charge in [-0.05, 0) is 82.7 Å². The molecule has 1 aliphatic heterocycles. The van der Waals surface area contributed by atoms with E-state index in [-0.39, 0.29) is 48.8 Å². The van der Waals surface area contributed by atoms with Crippen LogP contribution in [0, 0.1) is 11.3 Å². The van der Waals surface area contributed by atoms with Crippen molar-refractivity contribution < 1.29 is 32.7 Å². The summed E-state index contributed by atoms with van der Waals surface area (Å²) >= 11 is 0. The number of ether oxygens (including phenoxy) is 5. The lowest BCUT2D eigenvalue weighted by atomic mass is 9.80. The van der Waals surface area contributed by atoms with Gasteiger partial charge in [-0.15, -0.1) is 0 Å². The van der Waals surface area contributed by atoms with Crippen molar-refractivity contribution in [2.24, 2.45) is 4.99 Å². The van der Waals surface area contributed by atoms with Gasteiger partial charge < -0.3 is 42.5 Å². The summed E-state index contributed by atoms with van der Waals surface area (Å²) in [6.45, 7) is 9.37. The molecule has 1 saturated heterocycles. The number of nitriles is 1. The van der Waals surface area contributed by atoms with Gasteiger partial charge in [-0.3, -0.25) is 14.3 Å². The van der Waals surface area contributed by atoms with Gasteiger partial charge in [0, 0.05) is 32.7 Å². The molecule has 6 rings (SSSR count). The Morgan fingerprint density at radius 1 is 0.908 bits per heavy atom. The van der Waals surface area contributed by atoms with Gasteiger partial charge in [0.2, 0.25) is 5.95 Å². The van der Waals surface area contributed by atoms with Crippen LogP contribution in [0.1, 0.15) is 57.0 Å². The molecule has 5 aromatic rings. The molecule has 0 saturated carbocycles. The minimum absolute atomic E-state index is 0.00894. The number of nitrogens with zero attached hydrogens (tertiary/aromatic N) is 8. The van der Waals surface area contributed by atoms with Crippen LogP contribution in [0.5, 0.6) is 11.5 Å². The summed E-state index contributed by atoms with van der Waals surface area (Å²) in [5, 5.41) is 9.56. The highest BCUT2D eigenvalue weighted by atomic mass is 31.2. The molecular formula is C47H62N9O8P. The van der Waals surface area contributed by atoms with Crippen LogP contribution in [0.2, 0.25) is 0 Å². The Labute approximate surface area is 382 Å². The number of imidazole rings is 1. The molecule has 18 heteroatoms. The number of rotatable bonds is 23. The zero-order valence-corrected chi connectivity index (χ0v) is 39.8. The van der Waals surface area contributed by atoms with E-state index in [0.29, 0.717) is 24.7 Å². The van der Waals surface area contributed by atoms with Gasteiger partial charge in [0.15, 0.2) is 17.4 Å². The fraction of sp³-hybridized carbons (Fsp3) is 0.468. The fourth-order valence-electron chi connectivity index (χ4n) is 7.75. The molecule has 0 spiro atoms. The number of aromatic amines is 1. The zero-order chi connectivity index (χ0) is 46.7. The van der Waals surface area contributed by atoms with Crippen molar-refractivity contribution >= 4 is 32.0 Å². The lowest BCUT2D eigenvalue weighted by Gasteiger charge is -2.39. The Hall–Kier alpha value is -5.28. The third kappa shape index (κ3) is 11.6. The second-order valence-electron chi connectivity index (χ2n) is 16.6. The van der Waals surface area contributed by atoms with Gasteiger partial charge in [0.25, 0.3) is 14.1 Å². The summed E-state index contributed by atoms with van der Waals surface area (Å²) < 4.78 is 50.3. The summed E-state index contributed by atoms with van der Waals surface area (Å²) in [6, 6.07) is 27.9. The number of hydrogen-bond donors (Lipinski definition) is 1. The normalized spacial score (nSPS) is 18.4. The van der Waals surface area contributed by atoms with Gasteiger partial charge in [-0.2, -0.15) is 10.2 Å². The molecule has 2 aromatic heterocycles. The first-order valence-corrected chi connectivity index (χ1v) is 22.8. The molecule has 1 aliphatic rings. The van der Waals surface area contributed by atoms with Gasteiger partial charge in [0.1, 0.15) is 35.4 Å². The molecule has 3 heterocycles. The average Bonchev–Trinajstić information content (AvgIpc) is 3.87. The predicted molar refractivity (Wildman–Crippen MR) is 251 cm³/mol. The van der Waals surface area contributed by atoms with Crippen molar-refractivity contribution in [1.29, 1.82) is 5.26 Å². The van der Waals surface area contributed by atoms with Crippen molar-refractivity contribution in [3.8, 4) is 17.6 Å². The van der Waals surface area contributed by atoms with Crippen LogP contribution in [0.25, 0.3) is 11.2 Å². The van der Waals surface area contributed by atoms with Crippen molar-refractivity contribution in [1.82, 2.24) is 34.0 Å². The molecule has 0 amide bonds. The highest BCUT2D eigenvalue weighted by molar-refractivity contribution is 7.44. The van der Waals surface area contributed by atoms with E-state index in [1.54, 1.807) is 30.0 Å². The van der Waals surface area contributed by atoms with Crippen molar-refractivity contribution in [2.45, 2.75) is 76.3 Å². The Kier molecular flexibility index (Phi) is 17.2. The fourth-order valence-corrected chi connectivity index (χ4v) is 9.52. The summed E-state index contributed by atoms with van der Waals surface area (Å²) in [7, 11) is 9.05. The second-order valence-corrected chi connectivity index (χ2v) is 18.0. The maximum Gasteiger partial charge on any atom is 0.280 e. The van der Waals surface area contributed by atoms with Crippen LogP contribution in [-0.4, -0.2) is 139 Å². The Bertz CT molecular complexity index is 2330. The molecule has 17 nitrogen and oxygen atoms in total. The lowest BCUT2D eigenvalue weighted by molar-refractivity contribution is -0.0956. The van der Waals surface area contributed by atoms with Crippen LogP contribution in [0.15, 0.2) is 95.0 Å². The standard InChI is InChI=1S/C47H62N9O8P/c1-32(2)56(33(3)4)65(62-27-14-25-48)64-41-39(63-45(42(41)60-28-26-53(5)6)55-31-49-40-43(55)51-46(52-44(40)57)50-30-54(7)8)29-61-47(34-15-12-11-13-16-34,35-17-21-37(58-9)22-18-35)36-19-23-38(59-10)24-20-36/h11-13,15-24,30-33,39,41-42,45H,14,26-29H2,1-10H3,(H,51,52,57)/t39-,41-,42-,45-,65?/m1/s1. The summed E-state index contributed by atoms with van der Waals surface area (Å²) in [5.41, 5.74) is 1.24. The first-order valence-electron chi connectivity index (χ1n) is 21.6. The molecule has 5 atom stereocenters. The smallest absolute Gasteiger partial charge is 0.280 e. The predicted octanol–water partition coefficient (Wildman–Crippen LogP) is 6.87. The minimum Gasteiger partial charge on any atom is -0.497 e. The van der Waals surface area contributed by atoms with Crippen molar-refractivity contribution in [3.63, 3.8) is 0 Å². The van der Waals surface area contributed by atoms with E-state index in [4.69, 9.17) is 37.7 Å². The number of methoxy groups -OCH3 is 2. The van der Waals surface area contributed by atoms with Gasteiger partial charge in [-0.1, -0.05) is 54.6 Å². The molecule has 348 valence electrons. The number of benzene rings is 3. The van der Waals surface area contributed by atoms with Gasteiger partial charge in [0.05, 0.1) is 59.2 Å². The number of H-pyrrole nitrogens is 1. The molecule has 65 heavy (non-hydrogen) atoms. The van der Waals surface area contributed by atoms with Crippen LogP contribution in [0.3, 0.4) is 0 Å². The van der Waals surface area contributed by atoms with Crippen molar-refractivity contribution in [2.75, 3.05) is 68.8 Å². The first kappa shape index (κ1) is 49.2. The first-order chi connectivity index (χ1) is 31.3. The lowest BCUT2D eigenvalue weighted by Crippen LogP contribution is -2.43. The molecule has 1 N–H and O–H groups in total. The third-order valence-corrected chi connectivity index (χ3v) is 12.9. The zero-order valence-electron chi connectivity index (χ0n) is 39.0. The maximum absolute atomic E-state index is 13.5. The second kappa shape index (κ2) is 22.8. The topological polar surface area (TPSA) is 174 Å². The Morgan fingerprint density at radius 3 is 2.08 bits per heavy atom. The van der Waals surface area contributed by atoms with E-state index in [1.807, 2.05) is 112 Å². The quantitative estimate of drug-likeness (QED) is 0.0236. The molecule has 0 bridgehead atoms. The molecule has 1 unspecified atom stereocenters. The number of nitrogens with one attached hydrogen (secondary N) is 1. The van der Waals surface area contributed by atoms with Crippen molar-refractivity contribution in [3.05, 3.63) is 112 Å². The molecule has 3 aromatic carbocycles. The average molecular weight is 912 g/mol. The van der Waals surface area contributed by atoms with Gasteiger partial charge in [-0.25, -0.2) is 14.6 Å². The maximum atomic E-state index is 13.5. The third-order valence-electron chi connectivity index (χ3n) is 10.8. The molecular weight excluding hydrogens is 850 g/mol. The highest BCUT2D eigenvalue weighted by Crippen LogP contribution is 2.51. The number of likely N-dealkylation sites (N-methyl/N-ethyl adjacent to an activating group) is 1. The number of aromatic nitrogens is 4. The molecule has 0 aliphatic carbocycles. The largest absolute Gasteiger partial charge is 0.497 e. The number of aliphatic imine (C=N–C) groups is 1. The highest BCUT2D eigenvalue weighted by Gasteiger charge is 2.52. The van der Waals surface area contributed by atoms with E-state index < -0.39 is 44.2 Å². The van der Waals surface area contributed by atoms with E-state index in [1.165, 1.54) is 6.33 Å². The molecule has 0 radical (unpaired) electrons. The Morgan fingerprint density at radius 2 is 1.52 bits per heavy atom. The summed E-state index contributed by atoms with van der Waals surface area (Å²) in [6.07, 6.45) is -0.124. The minimum atomic E-state index is -1.81. The van der Waals surface area contributed by atoms with Gasteiger partial charge >= 0.3 is 0 Å². The van der Waals surface area contributed by atoms with Crippen LogP contribution in [0.4, 0.5) is 5.95 Å². The van der Waals surface area contributed by atoms with E-state index in [0.717, 1.165) is 16.7 Å². The number of fused-ring (bicyclic) bond motifs is 1. The van der Waals surface area contributed by atoms with E-state index in [9.17, 15) is 10.1 Å². The van der Waals surface area contributed by atoms with E-state index in [2.05, 4.69) is 53.4 Å². The van der Waals surface area contributed by atoms with E-state index >= 15 is 0 Å². The van der Waals surface area contributed by atoms with Crippen LogP contribution < -0.4 is 15.0 Å². The summed E-state index contributed by atoms with van der Waals surface area (Å²) in [4.78, 5) is 33.6. The molecule has 1 fully saturated rings. The number of hydrogen-bond acceptors (Lipinski definition) is 14. The monoisotopic (exact) mass is 911 g/mol. The SMILES string of the molecule is COc1ccc(C(OC[C@H]2O[C@@H](n3cnc4c(=O)[nH]c(N=CN(C)C)nc43)[C@H](OCCN(C)C)[C@@H]2OP(OCCC#N)N(C(C)C)C(C)C)(c2ccccc2)c2ccc(OC)cc2)cc1. The Balaban J connectivity index is 1.54. The summed E-state index contributed by atoms with van der Waals surface area (Å²) in [5.74, 6) is 1.48. The van der Waals surface area contributed by atoms with Crippen LogP contribution in [-0.2, 0) is 28.9 Å².